The minimum Gasteiger partial charge on any atom is -0.339 e. The standard InChI is InChI=1S/C15H19F3N2O/c1-20(11-5-4-9-19-10-8-11)14(21)12-6-2-3-7-13(12)15(16,17)18/h2-3,6-7,11,19H,4-5,8-10H2,1H3. The van der Waals surface area contributed by atoms with Crippen molar-refractivity contribution >= 4 is 5.91 Å². The summed E-state index contributed by atoms with van der Waals surface area (Å²) in [5, 5.41) is 3.23. The number of carbonyl (C=O) groups excluding carboxylic acids is 1. The van der Waals surface area contributed by atoms with Crippen LogP contribution < -0.4 is 5.32 Å². The predicted octanol–water partition coefficient (Wildman–Crippen LogP) is 2.92. The Hall–Kier alpha value is -1.56. The minimum absolute atomic E-state index is 0.0196. The Morgan fingerprint density at radius 3 is 2.67 bits per heavy atom. The van der Waals surface area contributed by atoms with Crippen LogP contribution in [-0.2, 0) is 6.18 Å². The molecule has 1 aromatic carbocycles. The Morgan fingerprint density at radius 1 is 1.24 bits per heavy atom. The zero-order valence-corrected chi connectivity index (χ0v) is 11.9. The lowest BCUT2D eigenvalue weighted by molar-refractivity contribution is -0.138. The van der Waals surface area contributed by atoms with Crippen LogP contribution in [0.1, 0.15) is 35.2 Å². The molecule has 1 aromatic rings. The van der Waals surface area contributed by atoms with Crippen LogP contribution in [0.3, 0.4) is 0 Å². The number of halogens is 3. The zero-order chi connectivity index (χ0) is 15.5. The fourth-order valence-corrected chi connectivity index (χ4v) is 2.66. The second kappa shape index (κ2) is 6.47. The monoisotopic (exact) mass is 300 g/mol. The Balaban J connectivity index is 2.23. The highest BCUT2D eigenvalue weighted by Gasteiger charge is 2.36. The van der Waals surface area contributed by atoms with Crippen molar-refractivity contribution in [3.8, 4) is 0 Å². The van der Waals surface area contributed by atoms with Gasteiger partial charge in [0.2, 0.25) is 0 Å². The molecule has 1 amide bonds. The van der Waals surface area contributed by atoms with Crippen LogP contribution in [0.15, 0.2) is 24.3 Å². The van der Waals surface area contributed by atoms with Gasteiger partial charge in [0.1, 0.15) is 0 Å². The number of hydrogen-bond donors (Lipinski definition) is 1. The number of hydrogen-bond acceptors (Lipinski definition) is 2. The highest BCUT2D eigenvalue weighted by atomic mass is 19.4. The Bertz CT molecular complexity index is 494. The second-order valence-corrected chi connectivity index (χ2v) is 5.29. The number of amides is 1. The lowest BCUT2D eigenvalue weighted by Gasteiger charge is -2.28. The topological polar surface area (TPSA) is 32.3 Å². The Morgan fingerprint density at radius 2 is 1.95 bits per heavy atom. The van der Waals surface area contributed by atoms with Gasteiger partial charge in [-0.05, 0) is 44.5 Å². The molecule has 1 fully saturated rings. The van der Waals surface area contributed by atoms with Gasteiger partial charge in [-0.25, -0.2) is 0 Å². The first kappa shape index (κ1) is 15.8. The van der Waals surface area contributed by atoms with E-state index < -0.39 is 17.6 Å². The molecule has 1 unspecified atom stereocenters. The molecule has 0 spiro atoms. The van der Waals surface area contributed by atoms with E-state index in [9.17, 15) is 18.0 Å². The number of benzene rings is 1. The van der Waals surface area contributed by atoms with Gasteiger partial charge in [0.05, 0.1) is 11.1 Å². The normalized spacial score (nSPS) is 19.9. The van der Waals surface area contributed by atoms with Gasteiger partial charge in [-0.1, -0.05) is 12.1 Å². The summed E-state index contributed by atoms with van der Waals surface area (Å²) < 4.78 is 39.0. The van der Waals surface area contributed by atoms with Gasteiger partial charge < -0.3 is 10.2 Å². The molecule has 0 saturated carbocycles. The maximum atomic E-state index is 13.0. The first-order chi connectivity index (χ1) is 9.91. The molecular weight excluding hydrogens is 281 g/mol. The first-order valence-electron chi connectivity index (χ1n) is 7.05. The molecule has 6 heteroatoms. The van der Waals surface area contributed by atoms with Crippen molar-refractivity contribution in [3.63, 3.8) is 0 Å². The van der Waals surface area contributed by atoms with Crippen molar-refractivity contribution in [3.05, 3.63) is 35.4 Å². The highest BCUT2D eigenvalue weighted by molar-refractivity contribution is 5.96. The second-order valence-electron chi connectivity index (χ2n) is 5.29. The van der Waals surface area contributed by atoms with Crippen LogP contribution in [0.25, 0.3) is 0 Å². The number of rotatable bonds is 2. The number of carbonyl (C=O) groups is 1. The molecule has 21 heavy (non-hydrogen) atoms. The van der Waals surface area contributed by atoms with Gasteiger partial charge in [0.25, 0.3) is 5.91 Å². The fraction of sp³-hybridized carbons (Fsp3) is 0.533. The van der Waals surface area contributed by atoms with E-state index in [1.165, 1.54) is 23.1 Å². The summed E-state index contributed by atoms with van der Waals surface area (Å²) >= 11 is 0. The summed E-state index contributed by atoms with van der Waals surface area (Å²) in [4.78, 5) is 13.9. The molecule has 1 atom stereocenters. The summed E-state index contributed by atoms with van der Waals surface area (Å²) in [7, 11) is 1.59. The van der Waals surface area contributed by atoms with Gasteiger partial charge in [-0.15, -0.1) is 0 Å². The summed E-state index contributed by atoms with van der Waals surface area (Å²) in [6.07, 6.45) is -2.03. The van der Waals surface area contributed by atoms with E-state index in [0.717, 1.165) is 38.4 Å². The molecule has 3 nitrogen and oxygen atoms in total. The largest absolute Gasteiger partial charge is 0.417 e. The fourth-order valence-electron chi connectivity index (χ4n) is 2.66. The molecular formula is C15H19F3N2O. The van der Waals surface area contributed by atoms with Gasteiger partial charge in [-0.2, -0.15) is 13.2 Å². The Labute approximate surface area is 122 Å². The predicted molar refractivity (Wildman–Crippen MR) is 74.0 cm³/mol. The molecule has 0 radical (unpaired) electrons. The van der Waals surface area contributed by atoms with Crippen molar-refractivity contribution < 1.29 is 18.0 Å². The zero-order valence-electron chi connectivity index (χ0n) is 11.9. The van der Waals surface area contributed by atoms with Gasteiger partial charge in [0, 0.05) is 13.1 Å². The maximum Gasteiger partial charge on any atom is 0.417 e. The molecule has 1 aliphatic heterocycles. The maximum absolute atomic E-state index is 13.0. The average Bonchev–Trinajstić information content (AvgIpc) is 2.74. The van der Waals surface area contributed by atoms with Crippen LogP contribution in [0.2, 0.25) is 0 Å². The van der Waals surface area contributed by atoms with Gasteiger partial charge >= 0.3 is 6.18 Å². The van der Waals surface area contributed by atoms with Gasteiger partial charge in [-0.3, -0.25) is 4.79 Å². The van der Waals surface area contributed by atoms with Crippen molar-refractivity contribution in [2.24, 2.45) is 0 Å². The van der Waals surface area contributed by atoms with Gasteiger partial charge in [0.15, 0.2) is 0 Å². The number of nitrogens with one attached hydrogen (secondary N) is 1. The highest BCUT2D eigenvalue weighted by Crippen LogP contribution is 2.32. The third-order valence-electron chi connectivity index (χ3n) is 3.88. The third-order valence-corrected chi connectivity index (χ3v) is 3.88. The van der Waals surface area contributed by atoms with Crippen LogP contribution in [0, 0.1) is 0 Å². The number of nitrogens with zero attached hydrogens (tertiary/aromatic N) is 1. The van der Waals surface area contributed by atoms with E-state index in [1.54, 1.807) is 7.05 Å². The minimum atomic E-state index is -4.52. The molecule has 2 rings (SSSR count). The summed E-state index contributed by atoms with van der Waals surface area (Å²) in [6, 6.07) is 4.95. The molecule has 1 saturated heterocycles. The summed E-state index contributed by atoms with van der Waals surface area (Å²) in [6.45, 7) is 1.67. The molecule has 116 valence electrons. The molecule has 0 bridgehead atoms. The molecule has 1 N–H and O–H groups in total. The van der Waals surface area contributed by atoms with E-state index in [-0.39, 0.29) is 11.6 Å². The molecule has 1 aliphatic rings. The van der Waals surface area contributed by atoms with Crippen LogP contribution >= 0.6 is 0 Å². The van der Waals surface area contributed by atoms with Crippen LogP contribution in [0.5, 0.6) is 0 Å². The molecule has 1 heterocycles. The van der Waals surface area contributed by atoms with Crippen molar-refractivity contribution in [1.82, 2.24) is 10.2 Å². The van der Waals surface area contributed by atoms with E-state index >= 15 is 0 Å². The van der Waals surface area contributed by atoms with Crippen molar-refractivity contribution in [2.75, 3.05) is 20.1 Å². The quantitative estimate of drug-likeness (QED) is 0.911. The van der Waals surface area contributed by atoms with E-state index in [0.29, 0.717) is 0 Å². The first-order valence-corrected chi connectivity index (χ1v) is 7.05. The smallest absolute Gasteiger partial charge is 0.339 e. The summed E-state index contributed by atoms with van der Waals surface area (Å²) in [5.74, 6) is -0.560. The summed E-state index contributed by atoms with van der Waals surface area (Å²) in [5.41, 5.74) is -1.14. The SMILES string of the molecule is CN(C(=O)c1ccccc1C(F)(F)F)C1CCCNCC1. The van der Waals surface area contributed by atoms with E-state index in [1.807, 2.05) is 0 Å². The van der Waals surface area contributed by atoms with Crippen LogP contribution in [-0.4, -0.2) is 37.0 Å². The molecule has 0 aromatic heterocycles. The molecule has 0 aliphatic carbocycles. The third kappa shape index (κ3) is 3.75. The Kier molecular flexibility index (Phi) is 4.88. The van der Waals surface area contributed by atoms with E-state index in [2.05, 4.69) is 5.32 Å². The van der Waals surface area contributed by atoms with Crippen molar-refractivity contribution in [2.45, 2.75) is 31.5 Å². The lowest BCUT2D eigenvalue weighted by atomic mass is 10.0. The van der Waals surface area contributed by atoms with Crippen LogP contribution in [0.4, 0.5) is 13.2 Å². The van der Waals surface area contributed by atoms with E-state index in [4.69, 9.17) is 0 Å². The number of alkyl halides is 3. The lowest BCUT2D eigenvalue weighted by Crippen LogP contribution is -2.38. The van der Waals surface area contributed by atoms with Crippen molar-refractivity contribution in [1.29, 1.82) is 0 Å². The average molecular weight is 300 g/mol.